The number of alkyl carbamates (subject to hydrolysis) is 1. The fraction of sp³-hybridized carbons (Fsp3) is 0.484. The highest BCUT2D eigenvalue weighted by Gasteiger charge is 2.37. The molecule has 2 N–H and O–H groups in total. The molecule has 8 heteroatoms. The summed E-state index contributed by atoms with van der Waals surface area (Å²) >= 11 is 0. The first-order valence-electron chi connectivity index (χ1n) is 13.6. The number of amides is 3. The van der Waals surface area contributed by atoms with Gasteiger partial charge in [-0.2, -0.15) is 5.26 Å². The second-order valence-electron chi connectivity index (χ2n) is 11.2. The molecule has 8 nitrogen and oxygen atoms in total. The molecule has 0 radical (unpaired) electrons. The first-order chi connectivity index (χ1) is 18.6. The van der Waals surface area contributed by atoms with Crippen LogP contribution >= 0.6 is 0 Å². The third kappa shape index (κ3) is 9.13. The van der Waals surface area contributed by atoms with E-state index in [0.29, 0.717) is 5.56 Å². The second kappa shape index (κ2) is 13.8. The molecule has 2 aromatic carbocycles. The Labute approximate surface area is 231 Å². The third-order valence-corrected chi connectivity index (χ3v) is 6.67. The van der Waals surface area contributed by atoms with Crippen LogP contribution in [-0.4, -0.2) is 47.0 Å². The number of benzene rings is 2. The van der Waals surface area contributed by atoms with Crippen molar-refractivity contribution in [2.45, 2.75) is 89.9 Å². The molecule has 2 unspecified atom stereocenters. The number of nitriles is 1. The van der Waals surface area contributed by atoms with Crippen LogP contribution in [0.15, 0.2) is 54.6 Å². The van der Waals surface area contributed by atoms with E-state index in [0.717, 1.165) is 43.2 Å². The predicted molar refractivity (Wildman–Crippen MR) is 150 cm³/mol. The molecule has 208 valence electrons. The van der Waals surface area contributed by atoms with Crippen LogP contribution < -0.4 is 10.6 Å². The molecule has 1 aliphatic rings. The summed E-state index contributed by atoms with van der Waals surface area (Å²) in [5, 5.41) is 15.6. The average molecular weight is 533 g/mol. The van der Waals surface area contributed by atoms with E-state index in [-0.39, 0.29) is 24.9 Å². The number of carbonyl (C=O) groups is 3. The molecule has 2 aromatic rings. The molecule has 0 saturated heterocycles. The molecule has 2 atom stereocenters. The third-order valence-electron chi connectivity index (χ3n) is 6.67. The lowest BCUT2D eigenvalue weighted by atomic mass is 9.94. The van der Waals surface area contributed by atoms with Crippen LogP contribution in [0.4, 0.5) is 4.79 Å². The maximum absolute atomic E-state index is 14.2. The Bertz CT molecular complexity index is 1160. The summed E-state index contributed by atoms with van der Waals surface area (Å²) in [7, 11) is 0. The monoisotopic (exact) mass is 532 g/mol. The molecule has 3 rings (SSSR count). The predicted octanol–water partition coefficient (Wildman–Crippen LogP) is 4.97. The standard InChI is InChI=1S/C31H40N4O4/c1-22-12-11-15-24(20-22)27(28(36)33-25-16-9-6-10-17-25)35(19-18-32)29(37)26(21-23-13-7-5-8-14-23)34-30(38)39-31(2,3)4/h5,7-8,11-15,20,25-27H,6,9-10,16-17,19,21H2,1-4H3,(H,33,36)(H,34,38). The van der Waals surface area contributed by atoms with Gasteiger partial charge in [0, 0.05) is 12.5 Å². The SMILES string of the molecule is Cc1cccc(C(C(=O)NC2CCCCC2)N(CC#N)C(=O)C(Cc2ccccc2)NC(=O)OC(C)(C)C)c1. The van der Waals surface area contributed by atoms with Gasteiger partial charge in [0.25, 0.3) is 0 Å². The number of aryl methyl sites for hydroxylation is 1. The van der Waals surface area contributed by atoms with Crippen molar-refractivity contribution < 1.29 is 19.1 Å². The first-order valence-corrected chi connectivity index (χ1v) is 13.6. The highest BCUT2D eigenvalue weighted by molar-refractivity contribution is 5.92. The smallest absolute Gasteiger partial charge is 0.408 e. The molecule has 0 aromatic heterocycles. The second-order valence-corrected chi connectivity index (χ2v) is 11.2. The van der Waals surface area contributed by atoms with Crippen LogP contribution in [0.5, 0.6) is 0 Å². The zero-order valence-corrected chi connectivity index (χ0v) is 23.4. The Hall–Kier alpha value is -3.86. The summed E-state index contributed by atoms with van der Waals surface area (Å²) in [4.78, 5) is 42.0. The van der Waals surface area contributed by atoms with Gasteiger partial charge in [-0.15, -0.1) is 0 Å². The van der Waals surface area contributed by atoms with E-state index in [1.54, 1.807) is 26.8 Å². The van der Waals surface area contributed by atoms with Crippen LogP contribution in [0.25, 0.3) is 0 Å². The van der Waals surface area contributed by atoms with Crippen molar-refractivity contribution in [1.29, 1.82) is 5.26 Å². The maximum Gasteiger partial charge on any atom is 0.408 e. The minimum absolute atomic E-state index is 0.0256. The van der Waals surface area contributed by atoms with Crippen molar-refractivity contribution in [2.24, 2.45) is 0 Å². The lowest BCUT2D eigenvalue weighted by Gasteiger charge is -2.34. The normalized spacial score (nSPS) is 15.4. The largest absolute Gasteiger partial charge is 0.444 e. The van der Waals surface area contributed by atoms with E-state index in [2.05, 4.69) is 16.7 Å². The fourth-order valence-corrected chi connectivity index (χ4v) is 4.91. The van der Waals surface area contributed by atoms with E-state index in [1.165, 1.54) is 4.90 Å². The molecule has 1 fully saturated rings. The van der Waals surface area contributed by atoms with Crippen LogP contribution in [0.3, 0.4) is 0 Å². The molecular weight excluding hydrogens is 492 g/mol. The van der Waals surface area contributed by atoms with E-state index in [1.807, 2.05) is 55.5 Å². The van der Waals surface area contributed by atoms with Crippen LogP contribution in [-0.2, 0) is 20.7 Å². The van der Waals surface area contributed by atoms with Gasteiger partial charge in [0.15, 0.2) is 0 Å². The molecule has 1 saturated carbocycles. The molecular formula is C31H40N4O4. The Morgan fingerprint density at radius 1 is 1.05 bits per heavy atom. The molecule has 0 spiro atoms. The van der Waals surface area contributed by atoms with Gasteiger partial charge in [-0.1, -0.05) is 79.4 Å². The lowest BCUT2D eigenvalue weighted by molar-refractivity contribution is -0.142. The number of hydrogen-bond acceptors (Lipinski definition) is 5. The number of nitrogens with zero attached hydrogens (tertiary/aromatic N) is 2. The van der Waals surface area contributed by atoms with Crippen molar-refractivity contribution in [3.8, 4) is 6.07 Å². The van der Waals surface area contributed by atoms with Gasteiger partial charge in [-0.3, -0.25) is 9.59 Å². The summed E-state index contributed by atoms with van der Waals surface area (Å²) in [5.41, 5.74) is 1.60. The van der Waals surface area contributed by atoms with Gasteiger partial charge in [0.2, 0.25) is 11.8 Å². The highest BCUT2D eigenvalue weighted by Crippen LogP contribution is 2.26. The molecule has 1 aliphatic carbocycles. The van der Waals surface area contributed by atoms with Gasteiger partial charge in [0.05, 0.1) is 6.07 Å². The molecule has 39 heavy (non-hydrogen) atoms. The van der Waals surface area contributed by atoms with Crippen LogP contribution in [0.2, 0.25) is 0 Å². The Morgan fingerprint density at radius 3 is 2.36 bits per heavy atom. The van der Waals surface area contributed by atoms with Gasteiger partial charge in [-0.25, -0.2) is 4.79 Å². The van der Waals surface area contributed by atoms with Crippen molar-refractivity contribution in [2.75, 3.05) is 6.54 Å². The summed E-state index contributed by atoms with van der Waals surface area (Å²) in [6.45, 7) is 6.82. The summed E-state index contributed by atoms with van der Waals surface area (Å²) in [6.07, 6.45) is 4.42. The van der Waals surface area contributed by atoms with E-state index >= 15 is 0 Å². The first kappa shape index (κ1) is 29.7. The van der Waals surface area contributed by atoms with Crippen molar-refractivity contribution >= 4 is 17.9 Å². The zero-order chi connectivity index (χ0) is 28.4. The van der Waals surface area contributed by atoms with Gasteiger partial charge < -0.3 is 20.3 Å². The summed E-state index contributed by atoms with van der Waals surface area (Å²) in [5.74, 6) is -0.858. The van der Waals surface area contributed by atoms with E-state index in [4.69, 9.17) is 4.74 Å². The number of carbonyl (C=O) groups excluding carboxylic acids is 3. The fourth-order valence-electron chi connectivity index (χ4n) is 4.91. The number of ether oxygens (including phenoxy) is 1. The van der Waals surface area contributed by atoms with Crippen LogP contribution in [0.1, 0.15) is 75.6 Å². The van der Waals surface area contributed by atoms with Crippen molar-refractivity contribution in [3.63, 3.8) is 0 Å². The maximum atomic E-state index is 14.2. The van der Waals surface area contributed by atoms with Crippen molar-refractivity contribution in [1.82, 2.24) is 15.5 Å². The minimum atomic E-state index is -1.05. The Kier molecular flexibility index (Phi) is 10.5. The lowest BCUT2D eigenvalue weighted by Crippen LogP contribution is -2.54. The quantitative estimate of drug-likeness (QED) is 0.443. The topological polar surface area (TPSA) is 112 Å². The summed E-state index contributed by atoms with van der Waals surface area (Å²) < 4.78 is 5.44. The number of nitrogens with one attached hydrogen (secondary N) is 2. The van der Waals surface area contributed by atoms with Gasteiger partial charge in [-0.05, 0) is 51.7 Å². The molecule has 0 aliphatic heterocycles. The number of hydrogen-bond donors (Lipinski definition) is 2. The van der Waals surface area contributed by atoms with Crippen molar-refractivity contribution in [3.05, 3.63) is 71.3 Å². The highest BCUT2D eigenvalue weighted by atomic mass is 16.6. The minimum Gasteiger partial charge on any atom is -0.444 e. The Balaban J connectivity index is 1.98. The summed E-state index contributed by atoms with van der Waals surface area (Å²) in [6, 6.07) is 16.7. The van der Waals surface area contributed by atoms with E-state index < -0.39 is 29.7 Å². The van der Waals surface area contributed by atoms with E-state index in [9.17, 15) is 19.6 Å². The molecule has 0 heterocycles. The molecule has 0 bridgehead atoms. The zero-order valence-electron chi connectivity index (χ0n) is 23.4. The van der Waals surface area contributed by atoms with Gasteiger partial charge in [0.1, 0.15) is 24.2 Å². The average Bonchev–Trinajstić information content (AvgIpc) is 2.88. The van der Waals surface area contributed by atoms with Gasteiger partial charge >= 0.3 is 6.09 Å². The molecule has 3 amide bonds. The number of rotatable bonds is 9. The van der Waals surface area contributed by atoms with Crippen LogP contribution in [0, 0.1) is 18.3 Å². The Morgan fingerprint density at radius 2 is 1.74 bits per heavy atom.